The van der Waals surface area contributed by atoms with Gasteiger partial charge in [-0.25, -0.2) is 23.5 Å². The van der Waals surface area contributed by atoms with E-state index in [-0.39, 0.29) is 28.8 Å². The normalized spacial score (nSPS) is 32.0. The molecule has 2 bridgehead atoms. The molecule has 6 rings (SSSR count). The van der Waals surface area contributed by atoms with E-state index in [1.54, 1.807) is 35.3 Å². The van der Waals surface area contributed by atoms with Crippen molar-refractivity contribution < 1.29 is 32.7 Å². The lowest BCUT2D eigenvalue weighted by atomic mass is 9.79. The molecular formula is C24H29F2N4O4S+. The summed E-state index contributed by atoms with van der Waals surface area (Å²) in [4.78, 5) is 34.6. The van der Waals surface area contributed by atoms with Gasteiger partial charge in [0.1, 0.15) is 6.54 Å². The second-order valence-corrected chi connectivity index (χ2v) is 10.9. The zero-order valence-corrected chi connectivity index (χ0v) is 20.0. The van der Waals surface area contributed by atoms with Crippen molar-refractivity contribution in [2.75, 3.05) is 19.6 Å². The summed E-state index contributed by atoms with van der Waals surface area (Å²) in [5.41, 5.74) is 3.95. The molecule has 3 unspecified atom stereocenters. The number of aliphatic hydroxyl groups is 1. The fraction of sp³-hybridized carbons (Fsp3) is 0.583. The average Bonchev–Trinajstić information content (AvgIpc) is 3.50. The Morgan fingerprint density at radius 3 is 2.54 bits per heavy atom. The van der Waals surface area contributed by atoms with E-state index in [4.69, 9.17) is 10.5 Å². The van der Waals surface area contributed by atoms with Crippen molar-refractivity contribution in [3.8, 4) is 0 Å². The van der Waals surface area contributed by atoms with Crippen molar-refractivity contribution in [1.82, 2.24) is 9.97 Å². The van der Waals surface area contributed by atoms with Gasteiger partial charge in [0.15, 0.2) is 17.5 Å². The van der Waals surface area contributed by atoms with E-state index in [1.165, 1.54) is 11.3 Å². The minimum absolute atomic E-state index is 0.0254. The van der Waals surface area contributed by atoms with E-state index in [0.29, 0.717) is 38.3 Å². The SMILES string of the molecule is NC(=O)C(c1ncccn1)[N+]12CCC(CC1)[C@@H](OC(=O)C(O)(c1ccsc1)C1CCC(F)(F)C1)C2. The maximum Gasteiger partial charge on any atom is 0.343 e. The molecule has 2 aromatic heterocycles. The molecular weight excluding hydrogens is 478 g/mol. The third-order valence-corrected chi connectivity index (χ3v) is 8.82. The van der Waals surface area contributed by atoms with Crippen LogP contribution in [0.2, 0.25) is 0 Å². The van der Waals surface area contributed by atoms with Crippen molar-refractivity contribution >= 4 is 23.2 Å². The van der Waals surface area contributed by atoms with E-state index in [0.717, 1.165) is 0 Å². The zero-order valence-electron chi connectivity index (χ0n) is 19.2. The van der Waals surface area contributed by atoms with Crippen molar-refractivity contribution in [3.05, 3.63) is 46.7 Å². The van der Waals surface area contributed by atoms with E-state index in [2.05, 4.69) is 9.97 Å². The van der Waals surface area contributed by atoms with Gasteiger partial charge >= 0.3 is 5.97 Å². The molecule has 4 atom stereocenters. The van der Waals surface area contributed by atoms with Gasteiger partial charge in [-0.2, -0.15) is 11.3 Å². The zero-order chi connectivity index (χ0) is 24.8. The van der Waals surface area contributed by atoms with Gasteiger partial charge in [0.25, 0.3) is 5.91 Å². The lowest BCUT2D eigenvalue weighted by molar-refractivity contribution is -0.965. The first-order chi connectivity index (χ1) is 16.6. The molecule has 35 heavy (non-hydrogen) atoms. The summed E-state index contributed by atoms with van der Waals surface area (Å²) in [6, 6.07) is 2.46. The van der Waals surface area contributed by atoms with Crippen LogP contribution in [-0.2, 0) is 19.9 Å². The molecule has 2 aromatic rings. The highest BCUT2D eigenvalue weighted by molar-refractivity contribution is 7.08. The third kappa shape index (κ3) is 4.23. The van der Waals surface area contributed by atoms with E-state index < -0.39 is 47.9 Å². The number of hydrogen-bond donors (Lipinski definition) is 2. The van der Waals surface area contributed by atoms with E-state index >= 15 is 0 Å². The van der Waals surface area contributed by atoms with Gasteiger partial charge in [0.05, 0.1) is 13.1 Å². The molecule has 0 spiro atoms. The topological polar surface area (TPSA) is 115 Å². The van der Waals surface area contributed by atoms with Gasteiger partial charge < -0.3 is 20.1 Å². The molecule has 3 saturated heterocycles. The lowest BCUT2D eigenvalue weighted by Crippen LogP contribution is -2.68. The largest absolute Gasteiger partial charge is 0.454 e. The number of carbonyl (C=O) groups is 2. The van der Waals surface area contributed by atoms with Crippen LogP contribution >= 0.6 is 11.3 Å². The standard InChI is InChI=1S/C24H28F2N4O4S/c25-23(26)6-2-16(12-23)24(33,17-5-11-35-14-17)22(32)34-18-13-30(9-3-15(18)4-10-30)19(20(27)31)21-28-7-1-8-29-21/h1,5,7-8,11,14-16,18-19,33H,2-4,6,9-10,12-13H2,(H-,27,31)/p+1/t15?,16?,18-,19?,24?,30?/m0/s1. The Morgan fingerprint density at radius 1 is 1.26 bits per heavy atom. The first-order valence-corrected chi connectivity index (χ1v) is 12.8. The van der Waals surface area contributed by atoms with Crippen LogP contribution in [0.5, 0.6) is 0 Å². The minimum atomic E-state index is -2.93. The molecule has 3 aliphatic heterocycles. The van der Waals surface area contributed by atoms with Gasteiger partial charge in [-0.05, 0) is 29.3 Å². The predicted octanol–water partition coefficient (Wildman–Crippen LogP) is 2.54. The number of esters is 1. The third-order valence-electron chi connectivity index (χ3n) is 8.13. The van der Waals surface area contributed by atoms with Crippen molar-refractivity contribution in [2.24, 2.45) is 17.6 Å². The molecule has 4 aliphatic rings. The number of carbonyl (C=O) groups excluding carboxylic acids is 2. The number of thiophene rings is 1. The van der Waals surface area contributed by atoms with Crippen LogP contribution < -0.4 is 5.73 Å². The number of alkyl halides is 2. The Bertz CT molecular complexity index is 1080. The number of hydrogen-bond acceptors (Lipinski definition) is 7. The number of nitrogens with two attached hydrogens (primary N) is 1. The van der Waals surface area contributed by atoms with Gasteiger partial charge in [-0.3, -0.25) is 4.79 Å². The first kappa shape index (κ1) is 24.2. The monoisotopic (exact) mass is 507 g/mol. The van der Waals surface area contributed by atoms with Gasteiger partial charge in [0, 0.05) is 55.5 Å². The minimum Gasteiger partial charge on any atom is -0.454 e. The number of quaternary nitrogens is 1. The Hall–Kier alpha value is -2.50. The summed E-state index contributed by atoms with van der Waals surface area (Å²) in [5, 5.41) is 14.9. The van der Waals surface area contributed by atoms with Crippen LogP contribution in [0.15, 0.2) is 35.3 Å². The molecule has 0 radical (unpaired) electrons. The van der Waals surface area contributed by atoms with Crippen molar-refractivity contribution in [1.29, 1.82) is 0 Å². The Kier molecular flexibility index (Phi) is 6.13. The van der Waals surface area contributed by atoms with Crippen molar-refractivity contribution in [3.63, 3.8) is 0 Å². The molecule has 1 amide bonds. The number of amides is 1. The molecule has 4 fully saturated rings. The highest BCUT2D eigenvalue weighted by Crippen LogP contribution is 2.49. The summed E-state index contributed by atoms with van der Waals surface area (Å²) in [6.45, 7) is 1.64. The summed E-state index contributed by atoms with van der Waals surface area (Å²) >= 11 is 1.28. The lowest BCUT2D eigenvalue weighted by Gasteiger charge is -2.54. The molecule has 11 heteroatoms. The highest BCUT2D eigenvalue weighted by atomic mass is 32.1. The molecule has 1 aliphatic carbocycles. The van der Waals surface area contributed by atoms with Gasteiger partial charge in [0.2, 0.25) is 12.0 Å². The highest BCUT2D eigenvalue weighted by Gasteiger charge is 2.58. The molecule has 0 aromatic carbocycles. The smallest absolute Gasteiger partial charge is 0.343 e. The van der Waals surface area contributed by atoms with Crippen LogP contribution in [0, 0.1) is 11.8 Å². The maximum absolute atomic E-state index is 14.1. The molecule has 5 heterocycles. The van der Waals surface area contributed by atoms with Crippen LogP contribution in [0.3, 0.4) is 0 Å². The number of primary amides is 1. The van der Waals surface area contributed by atoms with E-state index in [9.17, 15) is 23.5 Å². The Balaban J connectivity index is 1.41. The molecule has 1 saturated carbocycles. The average molecular weight is 508 g/mol. The quantitative estimate of drug-likeness (QED) is 0.440. The fourth-order valence-corrected chi connectivity index (χ4v) is 7.00. The van der Waals surface area contributed by atoms with Gasteiger partial charge in [-0.15, -0.1) is 0 Å². The number of halogens is 2. The van der Waals surface area contributed by atoms with Crippen LogP contribution in [-0.4, -0.2) is 63.1 Å². The summed E-state index contributed by atoms with van der Waals surface area (Å²) in [5.74, 6) is -4.94. The summed E-state index contributed by atoms with van der Waals surface area (Å²) in [7, 11) is 0. The second-order valence-electron chi connectivity index (χ2n) is 10.1. The van der Waals surface area contributed by atoms with Crippen LogP contribution in [0.25, 0.3) is 0 Å². The number of piperidine rings is 3. The van der Waals surface area contributed by atoms with Crippen LogP contribution in [0.4, 0.5) is 8.78 Å². The predicted molar refractivity (Wildman–Crippen MR) is 122 cm³/mol. The Labute approximate surface area is 205 Å². The number of fused-ring (bicyclic) bond motifs is 3. The van der Waals surface area contributed by atoms with Crippen molar-refractivity contribution in [2.45, 2.75) is 55.8 Å². The molecule has 3 N–H and O–H groups in total. The fourth-order valence-electron chi connectivity index (χ4n) is 6.29. The molecule has 188 valence electrons. The maximum atomic E-state index is 14.1. The number of ether oxygens (including phenoxy) is 1. The Morgan fingerprint density at radius 2 is 1.97 bits per heavy atom. The van der Waals surface area contributed by atoms with Crippen LogP contribution in [0.1, 0.15) is 49.5 Å². The summed E-state index contributed by atoms with van der Waals surface area (Å²) in [6.07, 6.45) is 3.02. The number of aromatic nitrogens is 2. The molecule has 8 nitrogen and oxygen atoms in total. The first-order valence-electron chi connectivity index (χ1n) is 11.9. The van der Waals surface area contributed by atoms with E-state index in [1.807, 2.05) is 0 Å². The second kappa shape index (κ2) is 8.86. The summed E-state index contributed by atoms with van der Waals surface area (Å²) < 4.78 is 34.4. The number of rotatable bonds is 7. The number of nitrogens with zero attached hydrogens (tertiary/aromatic N) is 3. The van der Waals surface area contributed by atoms with Gasteiger partial charge in [-0.1, -0.05) is 0 Å².